The molecule has 490 valence electrons. The van der Waals surface area contributed by atoms with Crippen LogP contribution in [-0.2, 0) is 42.9 Å². The number of carboxylic acids is 1. The minimum absolute atomic E-state index is 0.0717. The number of rotatable bonds is 64. The fourth-order valence-electron chi connectivity index (χ4n) is 11.7. The second kappa shape index (κ2) is 60.0. The van der Waals surface area contributed by atoms with Crippen molar-refractivity contribution >= 4 is 23.9 Å². The molecule has 0 saturated carbocycles. The summed E-state index contributed by atoms with van der Waals surface area (Å²) in [5.41, 5.74) is 0. The van der Waals surface area contributed by atoms with Crippen LogP contribution in [0.15, 0.2) is 0 Å². The summed E-state index contributed by atoms with van der Waals surface area (Å²) in [5.74, 6) is -3.05. The Hall–Kier alpha value is -2.28. The van der Waals surface area contributed by atoms with Crippen molar-refractivity contribution in [3.63, 3.8) is 0 Å². The first-order valence-electron chi connectivity index (χ1n) is 36.0. The Morgan fingerprint density at radius 1 is 0.349 bits per heavy atom. The third kappa shape index (κ3) is 49.4. The maximum absolute atomic E-state index is 13.2. The Balaban J connectivity index is 2.58. The van der Waals surface area contributed by atoms with E-state index in [2.05, 4.69) is 20.8 Å². The number of aliphatic carboxylic acids is 1. The van der Waals surface area contributed by atoms with Gasteiger partial charge in [-0.1, -0.05) is 342 Å². The topological polar surface area (TPSA) is 175 Å². The van der Waals surface area contributed by atoms with Crippen LogP contribution in [0.2, 0.25) is 0 Å². The maximum atomic E-state index is 13.2. The summed E-state index contributed by atoms with van der Waals surface area (Å²) in [7, 11) is 0. The van der Waals surface area contributed by atoms with Gasteiger partial charge in [0, 0.05) is 19.3 Å². The van der Waals surface area contributed by atoms with Gasteiger partial charge in [-0.05, 0) is 19.3 Å². The molecule has 0 aromatic heterocycles. The summed E-state index contributed by atoms with van der Waals surface area (Å²) in [6.07, 6.45) is 56.3. The van der Waals surface area contributed by atoms with E-state index in [1.54, 1.807) is 0 Å². The van der Waals surface area contributed by atoms with Crippen molar-refractivity contribution in [2.24, 2.45) is 0 Å². The number of esters is 3. The molecule has 1 saturated heterocycles. The highest BCUT2D eigenvalue weighted by atomic mass is 16.7. The molecule has 1 fully saturated rings. The summed E-state index contributed by atoms with van der Waals surface area (Å²) in [6, 6.07) is 0. The number of carboxylic acid groups (broad SMARTS) is 1. The second-order valence-electron chi connectivity index (χ2n) is 25.3. The molecule has 0 spiro atoms. The molecule has 1 aliphatic heterocycles. The van der Waals surface area contributed by atoms with Crippen LogP contribution < -0.4 is 0 Å². The van der Waals surface area contributed by atoms with Gasteiger partial charge in [-0.15, -0.1) is 0 Å². The smallest absolute Gasteiger partial charge is 0.335 e. The Kier molecular flexibility index (Phi) is 56.9. The quantitative estimate of drug-likeness (QED) is 0.0299. The van der Waals surface area contributed by atoms with Crippen LogP contribution in [-0.4, -0.2) is 89.2 Å². The summed E-state index contributed by atoms with van der Waals surface area (Å²) < 4.78 is 28.7. The van der Waals surface area contributed by atoms with Crippen molar-refractivity contribution in [2.75, 3.05) is 13.2 Å². The van der Waals surface area contributed by atoms with Crippen molar-refractivity contribution in [3.8, 4) is 0 Å². The zero-order valence-corrected chi connectivity index (χ0v) is 54.5. The van der Waals surface area contributed by atoms with Gasteiger partial charge in [0.05, 0.1) is 6.61 Å². The lowest BCUT2D eigenvalue weighted by Gasteiger charge is -2.40. The Labute approximate surface area is 510 Å². The monoisotopic (exact) mass is 1180 g/mol. The molecule has 0 aromatic carbocycles. The molecule has 0 bridgehead atoms. The SMILES string of the molecule is CCCCCCCCCCCCCCCCCCCCCC(=O)OCC(COC1OC(C(=O)O)C(O)C(O)C1OC(=O)CCCCCCCCCCCCCCCCCCCCC)OC(=O)CCCCCCCCCCCCCCCCC. The third-order valence-corrected chi connectivity index (χ3v) is 17.2. The van der Waals surface area contributed by atoms with E-state index < -0.39 is 67.3 Å². The van der Waals surface area contributed by atoms with E-state index >= 15 is 0 Å². The van der Waals surface area contributed by atoms with Crippen LogP contribution in [0.1, 0.15) is 380 Å². The zero-order chi connectivity index (χ0) is 60.3. The minimum Gasteiger partial charge on any atom is -0.479 e. The molecule has 12 nitrogen and oxygen atoms in total. The van der Waals surface area contributed by atoms with E-state index in [1.165, 1.54) is 263 Å². The fraction of sp³-hybridized carbons (Fsp3) is 0.944. The van der Waals surface area contributed by atoms with E-state index in [-0.39, 0.29) is 25.9 Å². The highest BCUT2D eigenvalue weighted by Gasteiger charge is 2.50. The third-order valence-electron chi connectivity index (χ3n) is 17.2. The minimum atomic E-state index is -1.89. The highest BCUT2D eigenvalue weighted by Crippen LogP contribution is 2.27. The molecule has 6 atom stereocenters. The molecule has 0 amide bonds. The number of aliphatic hydroxyl groups excluding tert-OH is 2. The van der Waals surface area contributed by atoms with Crippen LogP contribution in [0.5, 0.6) is 0 Å². The van der Waals surface area contributed by atoms with E-state index in [1.807, 2.05) is 0 Å². The Bertz CT molecular complexity index is 1440. The van der Waals surface area contributed by atoms with Crippen molar-refractivity contribution in [2.45, 2.75) is 417 Å². The van der Waals surface area contributed by atoms with Crippen LogP contribution in [0.25, 0.3) is 0 Å². The first-order valence-corrected chi connectivity index (χ1v) is 36.0. The first kappa shape index (κ1) is 78.7. The molecular formula is C71H134O12. The number of carbonyl (C=O) groups is 4. The zero-order valence-electron chi connectivity index (χ0n) is 54.5. The van der Waals surface area contributed by atoms with E-state index in [0.29, 0.717) is 19.3 Å². The van der Waals surface area contributed by atoms with Gasteiger partial charge >= 0.3 is 23.9 Å². The molecule has 0 aliphatic carbocycles. The molecule has 83 heavy (non-hydrogen) atoms. The predicted octanol–water partition coefficient (Wildman–Crippen LogP) is 19.8. The lowest BCUT2D eigenvalue weighted by molar-refractivity contribution is -0.301. The average molecular weight is 1180 g/mol. The van der Waals surface area contributed by atoms with Crippen molar-refractivity contribution in [1.29, 1.82) is 0 Å². The van der Waals surface area contributed by atoms with Gasteiger partial charge < -0.3 is 39.0 Å². The lowest BCUT2D eigenvalue weighted by atomic mass is 9.98. The van der Waals surface area contributed by atoms with E-state index in [0.717, 1.165) is 57.8 Å². The standard InChI is InChI=1S/C71H134O12/c1-4-7-10-13-16-19-22-25-28-30-32-34-37-39-42-45-48-51-54-57-63(72)79-60-62(81-64(73)58-55-52-49-46-43-40-36-27-24-21-18-15-12-9-6-3)61-80-71-69(67(76)66(75)68(83-71)70(77)78)82-65(74)59-56-53-50-47-44-41-38-35-33-31-29-26-23-20-17-14-11-8-5-2/h62,66-69,71,75-76H,4-61H2,1-3H3,(H,77,78). The maximum Gasteiger partial charge on any atom is 0.335 e. The molecule has 12 heteroatoms. The number of hydrogen-bond acceptors (Lipinski definition) is 11. The van der Waals surface area contributed by atoms with Crippen LogP contribution >= 0.6 is 0 Å². The molecule has 3 N–H and O–H groups in total. The van der Waals surface area contributed by atoms with E-state index in [9.17, 15) is 34.5 Å². The van der Waals surface area contributed by atoms with Gasteiger partial charge in [-0.3, -0.25) is 14.4 Å². The largest absolute Gasteiger partial charge is 0.479 e. The number of carbonyl (C=O) groups excluding carboxylic acids is 3. The highest BCUT2D eigenvalue weighted by molar-refractivity contribution is 5.74. The molecule has 0 radical (unpaired) electrons. The molecule has 1 rings (SSSR count). The number of unbranched alkanes of at least 4 members (excludes halogenated alkanes) is 50. The fourth-order valence-corrected chi connectivity index (χ4v) is 11.7. The summed E-state index contributed by atoms with van der Waals surface area (Å²) in [5, 5.41) is 31.7. The van der Waals surface area contributed by atoms with Crippen molar-refractivity contribution < 1.29 is 58.2 Å². The molecule has 1 heterocycles. The number of hydrogen-bond donors (Lipinski definition) is 3. The van der Waals surface area contributed by atoms with Crippen LogP contribution in [0, 0.1) is 0 Å². The van der Waals surface area contributed by atoms with Gasteiger partial charge in [0.1, 0.15) is 18.8 Å². The number of ether oxygens (including phenoxy) is 5. The van der Waals surface area contributed by atoms with Gasteiger partial charge in [-0.25, -0.2) is 4.79 Å². The van der Waals surface area contributed by atoms with Crippen molar-refractivity contribution in [3.05, 3.63) is 0 Å². The molecule has 0 aromatic rings. The summed E-state index contributed by atoms with van der Waals surface area (Å²) >= 11 is 0. The van der Waals surface area contributed by atoms with Gasteiger partial charge in [0.25, 0.3) is 0 Å². The Morgan fingerprint density at radius 3 is 0.904 bits per heavy atom. The van der Waals surface area contributed by atoms with E-state index in [4.69, 9.17) is 23.7 Å². The normalized spacial score (nSPS) is 17.4. The molecule has 6 unspecified atom stereocenters. The molecule has 1 aliphatic rings. The van der Waals surface area contributed by atoms with Gasteiger partial charge in [0.2, 0.25) is 0 Å². The number of aliphatic hydroxyl groups is 2. The van der Waals surface area contributed by atoms with Crippen LogP contribution in [0.3, 0.4) is 0 Å². The Morgan fingerprint density at radius 2 is 0.614 bits per heavy atom. The second-order valence-corrected chi connectivity index (χ2v) is 25.3. The van der Waals surface area contributed by atoms with Crippen LogP contribution in [0.4, 0.5) is 0 Å². The summed E-state index contributed by atoms with van der Waals surface area (Å²) in [6.45, 7) is 6.10. The summed E-state index contributed by atoms with van der Waals surface area (Å²) in [4.78, 5) is 51.5. The molecular weight excluding hydrogens is 1040 g/mol. The van der Waals surface area contributed by atoms with Crippen molar-refractivity contribution in [1.82, 2.24) is 0 Å². The lowest BCUT2D eigenvalue weighted by Crippen LogP contribution is -2.61. The first-order chi connectivity index (χ1) is 40.6. The van der Waals surface area contributed by atoms with Gasteiger partial charge in [0.15, 0.2) is 24.6 Å². The van der Waals surface area contributed by atoms with Gasteiger partial charge in [-0.2, -0.15) is 0 Å². The average Bonchev–Trinajstić information content (AvgIpc) is 3.57. The predicted molar refractivity (Wildman–Crippen MR) is 341 cm³/mol.